The number of amides is 1. The van der Waals surface area contributed by atoms with E-state index < -0.39 is 11.7 Å². The molecule has 0 bridgehead atoms. The molecule has 0 saturated heterocycles. The first-order valence-corrected chi connectivity index (χ1v) is 10.9. The first-order valence-electron chi connectivity index (χ1n) is 10.5. The molecule has 3 aromatic carbocycles. The number of halogens is 4. The van der Waals surface area contributed by atoms with Crippen molar-refractivity contribution in [3.05, 3.63) is 118 Å². The summed E-state index contributed by atoms with van der Waals surface area (Å²) in [5.74, 6) is 0.0667. The van der Waals surface area contributed by atoms with Gasteiger partial charge in [0.2, 0.25) is 0 Å². The Hall–Kier alpha value is -4.10. The molecule has 2 heterocycles. The van der Waals surface area contributed by atoms with Crippen molar-refractivity contribution in [1.82, 2.24) is 0 Å². The number of para-hydroxylation sites is 1. The minimum Gasteiger partial charge on any atom is -0.457 e. The number of alkyl halides is 3. The normalized spacial score (nSPS) is 15.1. The Kier molecular flexibility index (Phi) is 5.78. The molecule has 8 heteroatoms. The fourth-order valence-corrected chi connectivity index (χ4v) is 3.92. The van der Waals surface area contributed by atoms with Gasteiger partial charge in [0.25, 0.3) is 5.91 Å². The van der Waals surface area contributed by atoms with Crippen LogP contribution < -0.4 is 5.01 Å². The van der Waals surface area contributed by atoms with E-state index in [1.807, 2.05) is 36.4 Å². The van der Waals surface area contributed by atoms with Gasteiger partial charge in [0.05, 0.1) is 21.8 Å². The predicted molar refractivity (Wildman–Crippen MR) is 129 cm³/mol. The molecule has 35 heavy (non-hydrogen) atoms. The number of anilines is 1. The summed E-state index contributed by atoms with van der Waals surface area (Å²) in [6.07, 6.45) is -2.99. The lowest BCUT2D eigenvalue weighted by Crippen LogP contribution is -2.21. The zero-order valence-electron chi connectivity index (χ0n) is 18.0. The van der Waals surface area contributed by atoms with Crippen LogP contribution in [0.1, 0.15) is 16.9 Å². The predicted octanol–water partition coefficient (Wildman–Crippen LogP) is 7.45. The molecule has 0 fully saturated rings. The molecule has 4 aromatic rings. The van der Waals surface area contributed by atoms with Crippen LogP contribution in [-0.2, 0) is 11.0 Å². The van der Waals surface area contributed by atoms with Gasteiger partial charge in [0, 0.05) is 11.1 Å². The van der Waals surface area contributed by atoms with Crippen molar-refractivity contribution in [3.8, 4) is 11.3 Å². The molecule has 0 unspecified atom stereocenters. The van der Waals surface area contributed by atoms with Crippen molar-refractivity contribution in [2.75, 3.05) is 5.01 Å². The lowest BCUT2D eigenvalue weighted by molar-refractivity contribution is -0.137. The number of carbonyl (C=O) groups is 1. The van der Waals surface area contributed by atoms with Crippen LogP contribution in [-0.4, -0.2) is 11.6 Å². The lowest BCUT2D eigenvalue weighted by atomic mass is 10.0. The van der Waals surface area contributed by atoms with Crippen LogP contribution in [0.25, 0.3) is 17.4 Å². The van der Waals surface area contributed by atoms with Crippen LogP contribution in [0.4, 0.5) is 18.9 Å². The Balaban J connectivity index is 1.55. The molecule has 1 amide bonds. The second kappa shape index (κ2) is 8.92. The second-order valence-electron chi connectivity index (χ2n) is 7.72. The Labute approximate surface area is 203 Å². The van der Waals surface area contributed by atoms with E-state index in [2.05, 4.69) is 5.10 Å². The van der Waals surface area contributed by atoms with E-state index in [-0.39, 0.29) is 33.6 Å². The maximum absolute atomic E-state index is 13.3. The largest absolute Gasteiger partial charge is 0.457 e. The Morgan fingerprint density at radius 3 is 2.26 bits per heavy atom. The van der Waals surface area contributed by atoms with E-state index in [1.54, 1.807) is 30.3 Å². The highest BCUT2D eigenvalue weighted by atomic mass is 35.5. The summed E-state index contributed by atoms with van der Waals surface area (Å²) in [5, 5.41) is 5.97. The van der Waals surface area contributed by atoms with Gasteiger partial charge in [-0.25, -0.2) is 0 Å². The van der Waals surface area contributed by atoms with Gasteiger partial charge in [-0.2, -0.15) is 23.3 Å². The van der Waals surface area contributed by atoms with Crippen LogP contribution in [0.3, 0.4) is 0 Å². The molecule has 1 aliphatic heterocycles. The summed E-state index contributed by atoms with van der Waals surface area (Å²) in [6, 6.07) is 24.3. The van der Waals surface area contributed by atoms with E-state index >= 15 is 0 Å². The molecule has 5 rings (SSSR count). The Bertz CT molecular complexity index is 1460. The zero-order valence-corrected chi connectivity index (χ0v) is 18.7. The highest BCUT2D eigenvalue weighted by Crippen LogP contribution is 2.37. The van der Waals surface area contributed by atoms with Crippen LogP contribution in [0.5, 0.6) is 0 Å². The summed E-state index contributed by atoms with van der Waals surface area (Å²) in [4.78, 5) is 13.3. The third kappa shape index (κ3) is 4.50. The number of carbonyl (C=O) groups excluding carboxylic acids is 1. The van der Waals surface area contributed by atoms with Gasteiger partial charge in [-0.3, -0.25) is 4.79 Å². The van der Waals surface area contributed by atoms with Gasteiger partial charge >= 0.3 is 6.18 Å². The molecule has 1 aliphatic rings. The summed E-state index contributed by atoms with van der Waals surface area (Å²) < 4.78 is 45.3. The molecule has 0 N–H and O–H groups in total. The smallest absolute Gasteiger partial charge is 0.416 e. The molecule has 1 aromatic heterocycles. The maximum Gasteiger partial charge on any atom is 0.416 e. The quantitative estimate of drug-likeness (QED) is 0.278. The first kappa shape index (κ1) is 22.7. The summed E-state index contributed by atoms with van der Waals surface area (Å²) >= 11 is 6.15. The first-order chi connectivity index (χ1) is 16.8. The lowest BCUT2D eigenvalue weighted by Gasteiger charge is -2.10. The van der Waals surface area contributed by atoms with Crippen molar-refractivity contribution >= 4 is 35.0 Å². The topological polar surface area (TPSA) is 45.8 Å². The van der Waals surface area contributed by atoms with Crippen molar-refractivity contribution in [3.63, 3.8) is 0 Å². The molecular formula is C27H16ClF3N2O2. The molecule has 174 valence electrons. The SMILES string of the molecule is O=C1C(=Cc2ccc(-c3cc(C(F)(F)F)ccc3Cl)o2)C(c2ccccc2)=NN1c1ccccc1. The zero-order chi connectivity index (χ0) is 24.6. The van der Waals surface area contributed by atoms with Crippen LogP contribution in [0.15, 0.2) is 106 Å². The van der Waals surface area contributed by atoms with Gasteiger partial charge in [0.1, 0.15) is 17.2 Å². The average Bonchev–Trinajstić information content (AvgIpc) is 3.45. The van der Waals surface area contributed by atoms with Gasteiger partial charge in [-0.15, -0.1) is 0 Å². The van der Waals surface area contributed by atoms with Gasteiger partial charge in [0.15, 0.2) is 0 Å². The van der Waals surface area contributed by atoms with Crippen LogP contribution in [0, 0.1) is 0 Å². The monoisotopic (exact) mass is 492 g/mol. The van der Waals surface area contributed by atoms with Crippen molar-refractivity contribution in [1.29, 1.82) is 0 Å². The maximum atomic E-state index is 13.3. The summed E-state index contributed by atoms with van der Waals surface area (Å²) in [6.45, 7) is 0. The molecular weight excluding hydrogens is 477 g/mol. The number of hydrogen-bond donors (Lipinski definition) is 0. The molecule has 0 saturated carbocycles. The summed E-state index contributed by atoms with van der Waals surface area (Å²) in [7, 11) is 0. The van der Waals surface area contributed by atoms with Crippen LogP contribution >= 0.6 is 11.6 Å². The fraction of sp³-hybridized carbons (Fsp3) is 0.0370. The number of hydrazone groups is 1. The minimum absolute atomic E-state index is 0.103. The van der Waals surface area contributed by atoms with E-state index in [0.29, 0.717) is 11.4 Å². The number of nitrogens with zero attached hydrogens (tertiary/aromatic N) is 2. The third-order valence-corrected chi connectivity index (χ3v) is 5.73. The molecule has 0 spiro atoms. The highest BCUT2D eigenvalue weighted by molar-refractivity contribution is 6.37. The average molecular weight is 493 g/mol. The number of hydrogen-bond acceptors (Lipinski definition) is 3. The van der Waals surface area contributed by atoms with Gasteiger partial charge in [-0.1, -0.05) is 60.1 Å². The van der Waals surface area contributed by atoms with Crippen molar-refractivity contribution in [2.45, 2.75) is 6.18 Å². The van der Waals surface area contributed by atoms with Crippen molar-refractivity contribution < 1.29 is 22.4 Å². The Morgan fingerprint density at radius 1 is 0.886 bits per heavy atom. The standard InChI is InChI=1S/C27H16ClF3N2O2/c28-23-13-11-18(27(29,30)31)15-21(23)24-14-12-20(35-24)16-22-25(17-7-3-1-4-8-17)32-33(26(22)34)19-9-5-2-6-10-19/h1-16H. The second-order valence-corrected chi connectivity index (χ2v) is 8.13. The van der Waals surface area contributed by atoms with E-state index in [4.69, 9.17) is 16.0 Å². The van der Waals surface area contributed by atoms with E-state index in [0.717, 1.165) is 17.7 Å². The van der Waals surface area contributed by atoms with Gasteiger partial charge in [-0.05, 0) is 48.5 Å². The van der Waals surface area contributed by atoms with E-state index in [1.165, 1.54) is 23.2 Å². The minimum atomic E-state index is -4.52. The van der Waals surface area contributed by atoms with Crippen molar-refractivity contribution in [2.24, 2.45) is 5.10 Å². The number of benzene rings is 3. The van der Waals surface area contributed by atoms with Gasteiger partial charge < -0.3 is 4.42 Å². The molecule has 4 nitrogen and oxygen atoms in total. The number of furan rings is 1. The summed E-state index contributed by atoms with van der Waals surface area (Å²) in [5.41, 5.74) is 1.34. The molecule has 0 radical (unpaired) electrons. The molecule has 0 aliphatic carbocycles. The third-order valence-electron chi connectivity index (χ3n) is 5.40. The van der Waals surface area contributed by atoms with E-state index in [9.17, 15) is 18.0 Å². The highest BCUT2D eigenvalue weighted by Gasteiger charge is 2.33. The molecule has 0 atom stereocenters. The Morgan fingerprint density at radius 2 is 1.57 bits per heavy atom. The van der Waals surface area contributed by atoms with Crippen LogP contribution in [0.2, 0.25) is 5.02 Å². The number of rotatable bonds is 4. The fourth-order valence-electron chi connectivity index (χ4n) is 3.71.